The Labute approximate surface area is 200 Å². The number of nitrogens with one attached hydrogen (secondary N) is 3. The summed E-state index contributed by atoms with van der Waals surface area (Å²) < 4.78 is 71.9. The van der Waals surface area contributed by atoms with Crippen LogP contribution < -0.4 is 20.7 Å². The molecule has 0 aromatic heterocycles. The molecule has 0 saturated carbocycles. The highest BCUT2D eigenvalue weighted by Gasteiger charge is 2.62. The second-order valence-corrected chi connectivity index (χ2v) is 9.14. The number of benzene rings is 1. The zero-order valence-corrected chi connectivity index (χ0v) is 19.6. The van der Waals surface area contributed by atoms with Crippen LogP contribution in [-0.2, 0) is 15.1 Å². The molecule has 2 amide bonds. The Morgan fingerprint density at radius 1 is 1.26 bits per heavy atom. The van der Waals surface area contributed by atoms with Crippen molar-refractivity contribution in [3.8, 4) is 5.75 Å². The van der Waals surface area contributed by atoms with Gasteiger partial charge >= 0.3 is 12.2 Å². The van der Waals surface area contributed by atoms with E-state index in [1.54, 1.807) is 0 Å². The Morgan fingerprint density at radius 2 is 2.03 bits per heavy atom. The third-order valence-electron chi connectivity index (χ3n) is 6.69. The lowest BCUT2D eigenvalue weighted by molar-refractivity contribution is -0.334. The van der Waals surface area contributed by atoms with E-state index in [0.29, 0.717) is 31.7 Å². The first-order chi connectivity index (χ1) is 16.6. The molecule has 194 valence electrons. The van der Waals surface area contributed by atoms with Crippen LogP contribution in [0.2, 0.25) is 0 Å². The van der Waals surface area contributed by atoms with Crippen LogP contribution in [0.4, 0.5) is 22.4 Å². The number of carbonyl (C=O) groups excluding carboxylic acids is 1. The van der Waals surface area contributed by atoms with Gasteiger partial charge in [-0.05, 0) is 44.4 Å². The van der Waals surface area contributed by atoms with Crippen molar-refractivity contribution in [3.63, 3.8) is 0 Å². The highest BCUT2D eigenvalue weighted by Crippen LogP contribution is 2.53. The number of methoxy groups -OCH3 is 1. The average Bonchev–Trinajstić information content (AvgIpc) is 2.75. The largest absolute Gasteiger partial charge is 0.484 e. The number of ether oxygens (including phenoxy) is 3. The zero-order chi connectivity index (χ0) is 25.2. The van der Waals surface area contributed by atoms with E-state index in [0.717, 1.165) is 18.6 Å². The highest BCUT2D eigenvalue weighted by molar-refractivity contribution is 5.79. The van der Waals surface area contributed by atoms with E-state index < -0.39 is 41.5 Å². The fraction of sp³-hybridized carbons (Fsp3) is 0.652. The molecule has 3 heterocycles. The van der Waals surface area contributed by atoms with E-state index in [4.69, 9.17) is 14.2 Å². The van der Waals surface area contributed by atoms with E-state index in [2.05, 4.69) is 20.9 Å². The summed E-state index contributed by atoms with van der Waals surface area (Å²) in [5.41, 5.74) is -3.03. The molecule has 12 heteroatoms. The van der Waals surface area contributed by atoms with Gasteiger partial charge in [0.05, 0.1) is 19.8 Å². The summed E-state index contributed by atoms with van der Waals surface area (Å²) in [6.07, 6.45) is -3.50. The van der Waals surface area contributed by atoms with Crippen molar-refractivity contribution in [2.75, 3.05) is 20.3 Å². The molecule has 5 unspecified atom stereocenters. The molecule has 8 nitrogen and oxygen atoms in total. The molecule has 1 aromatic rings. The Balaban J connectivity index is 1.49. The van der Waals surface area contributed by atoms with Gasteiger partial charge in [-0.15, -0.1) is 0 Å². The number of piperidine rings is 1. The van der Waals surface area contributed by atoms with Gasteiger partial charge < -0.3 is 24.8 Å². The number of urea groups is 1. The summed E-state index contributed by atoms with van der Waals surface area (Å²) in [6.45, 7) is 2.37. The SMILES string of the molecule is COC1=NCCC(NC(=O)NC2CCC(C)NC2Oc2ccc(F)cc2C2(C(F)(F)F)CCO2)C1. The summed E-state index contributed by atoms with van der Waals surface area (Å²) in [4.78, 5) is 16.9. The van der Waals surface area contributed by atoms with Crippen LogP contribution in [0.5, 0.6) is 5.75 Å². The smallest absolute Gasteiger partial charge is 0.421 e. The van der Waals surface area contributed by atoms with Crippen molar-refractivity contribution >= 4 is 11.9 Å². The molecule has 3 aliphatic rings. The van der Waals surface area contributed by atoms with Crippen molar-refractivity contribution in [1.29, 1.82) is 0 Å². The minimum atomic E-state index is -4.74. The van der Waals surface area contributed by atoms with Gasteiger partial charge in [0.1, 0.15) is 11.6 Å². The Morgan fingerprint density at radius 3 is 2.69 bits per heavy atom. The van der Waals surface area contributed by atoms with E-state index in [-0.39, 0.29) is 30.9 Å². The first-order valence-electron chi connectivity index (χ1n) is 11.7. The van der Waals surface area contributed by atoms with Crippen LogP contribution in [-0.4, -0.2) is 62.7 Å². The quantitative estimate of drug-likeness (QED) is 0.537. The lowest BCUT2D eigenvalue weighted by Crippen LogP contribution is -2.61. The van der Waals surface area contributed by atoms with Gasteiger partial charge in [-0.1, -0.05) is 0 Å². The van der Waals surface area contributed by atoms with E-state index in [1.807, 2.05) is 6.92 Å². The van der Waals surface area contributed by atoms with Crippen LogP contribution >= 0.6 is 0 Å². The number of amides is 2. The van der Waals surface area contributed by atoms with Crippen LogP contribution in [0.25, 0.3) is 0 Å². The fourth-order valence-electron chi connectivity index (χ4n) is 4.67. The molecule has 0 spiro atoms. The molecule has 5 atom stereocenters. The normalized spacial score (nSPS) is 31.1. The van der Waals surface area contributed by atoms with Crippen LogP contribution in [0.1, 0.15) is 44.6 Å². The Kier molecular flexibility index (Phi) is 7.41. The first-order valence-corrected chi connectivity index (χ1v) is 11.7. The van der Waals surface area contributed by atoms with E-state index in [1.165, 1.54) is 13.2 Å². The lowest BCUT2D eigenvalue weighted by atomic mass is 9.85. The van der Waals surface area contributed by atoms with Crippen LogP contribution in [0, 0.1) is 5.82 Å². The second-order valence-electron chi connectivity index (χ2n) is 9.14. The predicted octanol–water partition coefficient (Wildman–Crippen LogP) is 3.36. The molecule has 2 saturated heterocycles. The highest BCUT2D eigenvalue weighted by atomic mass is 19.4. The van der Waals surface area contributed by atoms with Crippen molar-refractivity contribution in [2.24, 2.45) is 4.99 Å². The number of nitrogens with zero attached hydrogens (tertiary/aromatic N) is 1. The molecule has 0 aliphatic carbocycles. The van der Waals surface area contributed by atoms with Gasteiger partial charge in [-0.3, -0.25) is 10.3 Å². The van der Waals surface area contributed by atoms with E-state index in [9.17, 15) is 22.4 Å². The summed E-state index contributed by atoms with van der Waals surface area (Å²) in [5, 5.41) is 8.96. The van der Waals surface area contributed by atoms with Gasteiger partial charge in [0, 0.05) is 37.0 Å². The third kappa shape index (κ3) is 5.48. The lowest BCUT2D eigenvalue weighted by Gasteiger charge is -2.44. The third-order valence-corrected chi connectivity index (χ3v) is 6.69. The van der Waals surface area contributed by atoms with E-state index >= 15 is 0 Å². The number of alkyl halides is 3. The van der Waals surface area contributed by atoms with Gasteiger partial charge in [-0.25, -0.2) is 9.18 Å². The zero-order valence-electron chi connectivity index (χ0n) is 19.6. The minimum absolute atomic E-state index is 0.000330. The van der Waals surface area contributed by atoms with Crippen molar-refractivity contribution < 1.29 is 36.6 Å². The Bertz CT molecular complexity index is 954. The summed E-state index contributed by atoms with van der Waals surface area (Å²) in [7, 11) is 1.53. The number of halogens is 4. The number of hydrogen-bond donors (Lipinski definition) is 3. The van der Waals surface area contributed by atoms with Crippen molar-refractivity contribution in [1.82, 2.24) is 16.0 Å². The molecule has 2 fully saturated rings. The molecular weight excluding hydrogens is 472 g/mol. The van der Waals surface area contributed by atoms with Crippen molar-refractivity contribution in [3.05, 3.63) is 29.6 Å². The number of rotatable bonds is 5. The fourth-order valence-corrected chi connectivity index (χ4v) is 4.67. The molecule has 0 radical (unpaired) electrons. The summed E-state index contributed by atoms with van der Waals surface area (Å²) >= 11 is 0. The average molecular weight is 503 g/mol. The van der Waals surface area contributed by atoms with Crippen LogP contribution in [0.3, 0.4) is 0 Å². The molecule has 0 bridgehead atoms. The number of carbonyl (C=O) groups is 1. The monoisotopic (exact) mass is 502 g/mol. The van der Waals surface area contributed by atoms with Crippen LogP contribution in [0.15, 0.2) is 23.2 Å². The number of aliphatic imine (C=N–C) groups is 1. The first kappa shape index (κ1) is 25.5. The van der Waals surface area contributed by atoms with Crippen molar-refractivity contribution in [2.45, 2.75) is 75.2 Å². The summed E-state index contributed by atoms with van der Waals surface area (Å²) in [6, 6.07) is 1.92. The van der Waals surface area contributed by atoms with Gasteiger partial charge in [0.15, 0.2) is 17.7 Å². The maximum atomic E-state index is 14.0. The Hall–Kier alpha value is -2.60. The molecule has 4 rings (SSSR count). The molecular formula is C23H30F4N4O4. The standard InChI is InChI=1S/C23H30F4N4O4/c1-13-3-5-17(31-21(32)30-15-7-9-28-19(12-15)33-2)20(29-13)35-18-6-4-14(24)11-16(18)22(8-10-34-22)23(25,26)27/h4,6,11,13,15,17,20,29H,3,5,7-10,12H2,1-2H3,(H2,30,31,32). The van der Waals surface area contributed by atoms with Gasteiger partial charge in [0.25, 0.3) is 0 Å². The maximum absolute atomic E-state index is 14.0. The number of hydrogen-bond acceptors (Lipinski definition) is 6. The topological polar surface area (TPSA) is 93.2 Å². The molecule has 3 aliphatic heterocycles. The molecule has 1 aromatic carbocycles. The van der Waals surface area contributed by atoms with Gasteiger partial charge in [-0.2, -0.15) is 13.2 Å². The minimum Gasteiger partial charge on any atom is -0.484 e. The molecule has 3 N–H and O–H groups in total. The second kappa shape index (κ2) is 10.2. The molecule has 35 heavy (non-hydrogen) atoms. The summed E-state index contributed by atoms with van der Waals surface area (Å²) in [5.74, 6) is -0.399. The maximum Gasteiger partial charge on any atom is 0.421 e. The van der Waals surface area contributed by atoms with Gasteiger partial charge in [0.2, 0.25) is 0 Å². The predicted molar refractivity (Wildman–Crippen MR) is 119 cm³/mol.